The topological polar surface area (TPSA) is 84.9 Å². The monoisotopic (exact) mass is 440 g/mol. The quantitative estimate of drug-likeness (QED) is 0.531. The molecule has 0 aliphatic carbocycles. The summed E-state index contributed by atoms with van der Waals surface area (Å²) in [5.41, 5.74) is 3.08. The van der Waals surface area contributed by atoms with Crippen LogP contribution in [-0.4, -0.2) is 49.3 Å². The van der Waals surface area contributed by atoms with Crippen molar-refractivity contribution in [3.8, 4) is 11.5 Å². The van der Waals surface area contributed by atoms with Gasteiger partial charge in [-0.1, -0.05) is 17.7 Å². The predicted octanol–water partition coefficient (Wildman–Crippen LogP) is 4.16. The number of carbonyl (C=O) groups is 3. The minimum absolute atomic E-state index is 0.0491. The molecular weight excluding hydrogens is 408 g/mol. The molecule has 172 valence electrons. The Balaban J connectivity index is 1.90. The molecule has 7 nitrogen and oxygen atoms in total. The molecule has 0 aliphatic heterocycles. The van der Waals surface area contributed by atoms with Gasteiger partial charge in [-0.15, -0.1) is 0 Å². The predicted molar refractivity (Wildman–Crippen MR) is 125 cm³/mol. The molecule has 1 N–H and O–H groups in total. The lowest BCUT2D eigenvalue weighted by Gasteiger charge is -2.17. The number of anilines is 1. The molecule has 0 atom stereocenters. The summed E-state index contributed by atoms with van der Waals surface area (Å²) < 4.78 is 11.1. The molecule has 32 heavy (non-hydrogen) atoms. The fourth-order valence-corrected chi connectivity index (χ4v) is 3.22. The molecule has 0 unspecified atom stereocenters. The molecule has 0 spiro atoms. The van der Waals surface area contributed by atoms with Gasteiger partial charge in [-0.25, -0.2) is 0 Å². The summed E-state index contributed by atoms with van der Waals surface area (Å²) in [6.45, 7) is 8.41. The fraction of sp³-hybridized carbons (Fsp3) is 0.400. The molecule has 2 amide bonds. The first kappa shape index (κ1) is 24.9. The van der Waals surface area contributed by atoms with Crippen molar-refractivity contribution in [2.24, 2.45) is 0 Å². The van der Waals surface area contributed by atoms with Crippen LogP contribution in [0.25, 0.3) is 0 Å². The highest BCUT2D eigenvalue weighted by Crippen LogP contribution is 2.30. The molecule has 2 aromatic rings. The van der Waals surface area contributed by atoms with E-state index in [1.807, 2.05) is 45.9 Å². The summed E-state index contributed by atoms with van der Waals surface area (Å²) in [5, 5.41) is 2.76. The minimum Gasteiger partial charge on any atom is -0.490 e. The van der Waals surface area contributed by atoms with E-state index >= 15 is 0 Å². The van der Waals surface area contributed by atoms with Crippen molar-refractivity contribution in [2.75, 3.05) is 32.1 Å². The number of ether oxygens (including phenoxy) is 2. The van der Waals surface area contributed by atoms with Crippen LogP contribution in [0, 0.1) is 13.8 Å². The second-order valence-corrected chi connectivity index (χ2v) is 7.57. The van der Waals surface area contributed by atoms with Crippen LogP contribution >= 0.6 is 0 Å². The van der Waals surface area contributed by atoms with E-state index in [9.17, 15) is 14.4 Å². The van der Waals surface area contributed by atoms with Crippen LogP contribution in [0.15, 0.2) is 36.4 Å². The van der Waals surface area contributed by atoms with Crippen molar-refractivity contribution >= 4 is 23.3 Å². The lowest BCUT2D eigenvalue weighted by molar-refractivity contribution is -0.133. The Labute approximate surface area is 189 Å². The lowest BCUT2D eigenvalue weighted by atomic mass is 9.99. The molecule has 2 rings (SSSR count). The second-order valence-electron chi connectivity index (χ2n) is 7.57. The molecular formula is C25H32N2O5. The van der Waals surface area contributed by atoms with Crippen LogP contribution in [0.5, 0.6) is 11.5 Å². The molecule has 0 bridgehead atoms. The van der Waals surface area contributed by atoms with Crippen LogP contribution in [0.3, 0.4) is 0 Å². The normalized spacial score (nSPS) is 10.4. The zero-order valence-corrected chi connectivity index (χ0v) is 19.5. The first-order valence-electron chi connectivity index (χ1n) is 10.8. The number of ketones is 1. The van der Waals surface area contributed by atoms with Gasteiger partial charge in [0.1, 0.15) is 0 Å². The van der Waals surface area contributed by atoms with Gasteiger partial charge >= 0.3 is 0 Å². The maximum absolute atomic E-state index is 12.5. The summed E-state index contributed by atoms with van der Waals surface area (Å²) in [4.78, 5) is 38.7. The zero-order chi connectivity index (χ0) is 23.7. The number of likely N-dealkylation sites (N-methyl/N-ethyl adjacent to an activating group) is 1. The summed E-state index contributed by atoms with van der Waals surface area (Å²) in [6, 6.07) is 10.8. The number of benzene rings is 2. The van der Waals surface area contributed by atoms with E-state index in [0.717, 1.165) is 11.1 Å². The number of hydrogen-bond acceptors (Lipinski definition) is 5. The summed E-state index contributed by atoms with van der Waals surface area (Å²) in [6.07, 6.45) is 0.152. The Kier molecular flexibility index (Phi) is 9.25. The first-order chi connectivity index (χ1) is 15.2. The highest BCUT2D eigenvalue weighted by atomic mass is 16.5. The van der Waals surface area contributed by atoms with Gasteiger partial charge < -0.3 is 19.7 Å². The Morgan fingerprint density at radius 3 is 2.28 bits per heavy atom. The molecule has 0 radical (unpaired) electrons. The first-order valence-corrected chi connectivity index (χ1v) is 10.8. The van der Waals surface area contributed by atoms with Crippen LogP contribution in [0.4, 0.5) is 5.69 Å². The van der Waals surface area contributed by atoms with Gasteiger partial charge in [0.2, 0.25) is 11.8 Å². The third-order valence-corrected chi connectivity index (χ3v) is 4.89. The number of rotatable bonds is 11. The average Bonchev–Trinajstić information content (AvgIpc) is 2.75. The number of carbonyl (C=O) groups excluding carboxylic acids is 3. The Morgan fingerprint density at radius 2 is 1.59 bits per heavy atom. The summed E-state index contributed by atoms with van der Waals surface area (Å²) >= 11 is 0. The van der Waals surface area contributed by atoms with Gasteiger partial charge in [-0.3, -0.25) is 14.4 Å². The number of hydrogen-bond donors (Lipinski definition) is 1. The number of aryl methyl sites for hydroxylation is 2. The summed E-state index contributed by atoms with van der Waals surface area (Å²) in [5.74, 6) is 0.471. The van der Waals surface area contributed by atoms with Gasteiger partial charge in [-0.2, -0.15) is 0 Å². The minimum atomic E-state index is -0.340. The fourth-order valence-electron chi connectivity index (χ4n) is 3.22. The van der Waals surface area contributed by atoms with E-state index in [1.54, 1.807) is 25.2 Å². The number of Topliss-reactive ketones (excluding diaryl/α,β-unsaturated/α-hetero) is 1. The Bertz CT molecular complexity index is 971. The van der Waals surface area contributed by atoms with Crippen LogP contribution < -0.4 is 14.8 Å². The molecule has 0 heterocycles. The van der Waals surface area contributed by atoms with Gasteiger partial charge in [-0.05, 0) is 51.5 Å². The van der Waals surface area contributed by atoms with Crippen LogP contribution in [0.1, 0.15) is 48.2 Å². The molecule has 0 aromatic heterocycles. The van der Waals surface area contributed by atoms with Gasteiger partial charge in [0, 0.05) is 37.2 Å². The zero-order valence-electron chi connectivity index (χ0n) is 19.5. The highest BCUT2D eigenvalue weighted by molar-refractivity contribution is 6.00. The third kappa shape index (κ3) is 7.11. The van der Waals surface area contributed by atoms with Crippen molar-refractivity contribution in [3.63, 3.8) is 0 Å². The van der Waals surface area contributed by atoms with Crippen molar-refractivity contribution in [1.82, 2.24) is 4.90 Å². The molecule has 0 aliphatic rings. The van der Waals surface area contributed by atoms with E-state index < -0.39 is 0 Å². The highest BCUT2D eigenvalue weighted by Gasteiger charge is 2.17. The number of nitrogens with zero attached hydrogens (tertiary/aromatic N) is 1. The number of amides is 2. The molecule has 7 heteroatoms. The van der Waals surface area contributed by atoms with Crippen LogP contribution in [-0.2, 0) is 9.59 Å². The Morgan fingerprint density at radius 1 is 0.906 bits per heavy atom. The summed E-state index contributed by atoms with van der Waals surface area (Å²) in [7, 11) is 1.55. The SMILES string of the molecule is CCOc1ccc(NC(=O)CN(C)C(=O)CCC(=O)c2cc(C)ccc2C)cc1OCC. The average molecular weight is 441 g/mol. The molecule has 0 saturated heterocycles. The maximum Gasteiger partial charge on any atom is 0.243 e. The van der Waals surface area contributed by atoms with Crippen molar-refractivity contribution in [1.29, 1.82) is 0 Å². The van der Waals surface area contributed by atoms with Gasteiger partial charge in [0.25, 0.3) is 0 Å². The van der Waals surface area contributed by atoms with Crippen molar-refractivity contribution < 1.29 is 23.9 Å². The van der Waals surface area contributed by atoms with Crippen molar-refractivity contribution in [2.45, 2.75) is 40.5 Å². The van der Waals surface area contributed by atoms with Crippen LogP contribution in [0.2, 0.25) is 0 Å². The molecule has 0 fully saturated rings. The third-order valence-electron chi connectivity index (χ3n) is 4.89. The van der Waals surface area contributed by atoms with E-state index in [-0.39, 0.29) is 37.0 Å². The standard InChI is InChI=1S/C25H32N2O5/c1-6-31-22-12-10-19(15-23(22)32-7-2)26-24(29)16-27(5)25(30)13-11-21(28)20-14-17(3)8-9-18(20)4/h8-10,12,14-15H,6-7,11,13,16H2,1-5H3,(H,26,29). The van der Waals surface area contributed by atoms with E-state index in [4.69, 9.17) is 9.47 Å². The van der Waals surface area contributed by atoms with Gasteiger partial charge in [0.05, 0.1) is 19.8 Å². The van der Waals surface area contributed by atoms with E-state index in [0.29, 0.717) is 36.0 Å². The van der Waals surface area contributed by atoms with E-state index in [1.165, 1.54) is 4.90 Å². The van der Waals surface area contributed by atoms with Gasteiger partial charge in [0.15, 0.2) is 17.3 Å². The molecule has 0 saturated carbocycles. The number of nitrogens with one attached hydrogen (secondary N) is 1. The lowest BCUT2D eigenvalue weighted by Crippen LogP contribution is -2.35. The smallest absolute Gasteiger partial charge is 0.243 e. The van der Waals surface area contributed by atoms with E-state index in [2.05, 4.69) is 5.32 Å². The largest absolute Gasteiger partial charge is 0.490 e. The second kappa shape index (κ2) is 11.9. The molecule has 2 aromatic carbocycles. The maximum atomic E-state index is 12.5. The Hall–Kier alpha value is -3.35. The van der Waals surface area contributed by atoms with Crippen molar-refractivity contribution in [3.05, 3.63) is 53.1 Å².